The Balaban J connectivity index is 0.00000407. The molecule has 0 saturated heterocycles. The summed E-state index contributed by atoms with van der Waals surface area (Å²) in [4.78, 5) is 26.3. The Bertz CT molecular complexity index is 659. The van der Waals surface area contributed by atoms with Gasteiger partial charge in [-0.15, -0.1) is 0 Å². The third-order valence-corrected chi connectivity index (χ3v) is 4.43. The van der Waals surface area contributed by atoms with E-state index in [2.05, 4.69) is 27.7 Å². The van der Waals surface area contributed by atoms with E-state index in [1.807, 2.05) is 13.8 Å². The number of carbonyl (C=O) groups excluding carboxylic acids is 2. The number of ketones is 1. The van der Waals surface area contributed by atoms with E-state index < -0.39 is 11.9 Å². The van der Waals surface area contributed by atoms with Gasteiger partial charge in [-0.3, -0.25) is 9.59 Å². The molecule has 0 bridgehead atoms. The van der Waals surface area contributed by atoms with Gasteiger partial charge in [0, 0.05) is 0 Å². The number of Topliss-reactive ketones (excluding diaryl/α,β-unsaturated/α-hetero) is 1. The zero-order valence-corrected chi connectivity index (χ0v) is 21.2. The van der Waals surface area contributed by atoms with Gasteiger partial charge < -0.3 is 18.8 Å². The fourth-order valence-corrected chi connectivity index (χ4v) is 3.46. The van der Waals surface area contributed by atoms with Crippen LogP contribution in [0.2, 0.25) is 0 Å². The van der Waals surface area contributed by atoms with Gasteiger partial charge in [0.25, 0.3) is 0 Å². The lowest BCUT2D eigenvalue weighted by molar-refractivity contribution is -0.148. The largest absolute Gasteiger partial charge is 0.496 e. The smallest absolute Gasteiger partial charge is 0.316 e. The monoisotopic (exact) mass is 442 g/mol. The van der Waals surface area contributed by atoms with Crippen LogP contribution in [0.5, 0.6) is 11.5 Å². The summed E-state index contributed by atoms with van der Waals surface area (Å²) < 4.78 is 24.5. The van der Waals surface area contributed by atoms with Crippen molar-refractivity contribution < 1.29 is 28.4 Å². The zero-order valence-electron chi connectivity index (χ0n) is 19.7. The third kappa shape index (κ3) is 9.34. The van der Waals surface area contributed by atoms with Crippen molar-refractivity contribution in [2.75, 3.05) is 20.8 Å². The molecule has 3 unspecified atom stereocenters. The molecule has 0 amide bonds. The van der Waals surface area contributed by atoms with Crippen LogP contribution in [0.1, 0.15) is 64.7 Å². The summed E-state index contributed by atoms with van der Waals surface area (Å²) in [5.74, 6) is -0.504. The standard InChI is InChI=1S/C23H36O5.H3OP/c1-15(2)14-28-22(25)17(12-16(3)13-23(4,5)6)21(24)20-18(26-7)10-9-11-19(20)27-8;1-2/h9-11,15-17H,12-14H2,1-8H3;2H3. The Morgan fingerprint density at radius 1 is 1.00 bits per heavy atom. The first-order valence-electron chi connectivity index (χ1n) is 10.2. The Hall–Kier alpha value is -1.81. The van der Waals surface area contributed by atoms with E-state index in [1.165, 1.54) is 14.2 Å². The van der Waals surface area contributed by atoms with Crippen molar-refractivity contribution in [2.45, 2.75) is 54.4 Å². The molecule has 0 aliphatic carbocycles. The van der Waals surface area contributed by atoms with Crippen molar-refractivity contribution >= 4 is 20.9 Å². The van der Waals surface area contributed by atoms with Gasteiger partial charge in [-0.1, -0.05) is 47.6 Å². The third-order valence-electron chi connectivity index (χ3n) is 4.43. The number of hydrogen-bond donors (Lipinski definition) is 0. The minimum Gasteiger partial charge on any atom is -0.496 e. The van der Waals surface area contributed by atoms with Crippen molar-refractivity contribution in [2.24, 2.45) is 23.2 Å². The highest BCUT2D eigenvalue weighted by atomic mass is 31.0. The summed E-state index contributed by atoms with van der Waals surface area (Å²) in [6, 6.07) is 5.15. The van der Waals surface area contributed by atoms with Gasteiger partial charge in [0.1, 0.15) is 23.0 Å². The molecular formula is C23H39O6P. The maximum atomic E-state index is 13.4. The van der Waals surface area contributed by atoms with Crippen molar-refractivity contribution in [3.05, 3.63) is 23.8 Å². The molecule has 3 atom stereocenters. The van der Waals surface area contributed by atoms with Gasteiger partial charge in [-0.05, 0) is 42.2 Å². The van der Waals surface area contributed by atoms with Gasteiger partial charge in [-0.25, -0.2) is 0 Å². The summed E-state index contributed by atoms with van der Waals surface area (Å²) in [6.07, 6.45) is 1.32. The molecule has 0 aliphatic heterocycles. The number of benzene rings is 1. The Morgan fingerprint density at radius 3 is 1.90 bits per heavy atom. The fourth-order valence-electron chi connectivity index (χ4n) is 3.46. The lowest BCUT2D eigenvalue weighted by atomic mass is 9.80. The number of carbonyl (C=O) groups is 2. The van der Waals surface area contributed by atoms with Crippen LogP contribution in [0.25, 0.3) is 0 Å². The lowest BCUT2D eigenvalue weighted by Gasteiger charge is -2.26. The first-order valence-corrected chi connectivity index (χ1v) is 10.8. The molecule has 7 heteroatoms. The van der Waals surface area contributed by atoms with E-state index in [4.69, 9.17) is 18.8 Å². The Kier molecular flexibility index (Phi) is 12.7. The quantitative estimate of drug-likeness (QED) is 0.217. The molecule has 0 saturated carbocycles. The van der Waals surface area contributed by atoms with E-state index >= 15 is 0 Å². The number of esters is 1. The van der Waals surface area contributed by atoms with Crippen LogP contribution in [0, 0.1) is 23.2 Å². The first-order chi connectivity index (χ1) is 14.0. The lowest BCUT2D eigenvalue weighted by Crippen LogP contribution is -2.30. The molecule has 1 aromatic rings. The molecule has 0 radical (unpaired) electrons. The molecule has 172 valence electrons. The molecule has 0 aliphatic rings. The highest BCUT2D eigenvalue weighted by molar-refractivity contribution is 7.00. The van der Waals surface area contributed by atoms with Crippen LogP contribution in [0.15, 0.2) is 18.2 Å². The fraction of sp³-hybridized carbons (Fsp3) is 0.652. The minimum atomic E-state index is -0.888. The van der Waals surface area contributed by atoms with Crippen LogP contribution in [-0.2, 0) is 14.1 Å². The average molecular weight is 443 g/mol. The van der Waals surface area contributed by atoms with Crippen LogP contribution in [0.4, 0.5) is 0 Å². The van der Waals surface area contributed by atoms with Gasteiger partial charge in [-0.2, -0.15) is 0 Å². The maximum Gasteiger partial charge on any atom is 0.316 e. The number of methoxy groups -OCH3 is 2. The highest BCUT2D eigenvalue weighted by Gasteiger charge is 2.35. The van der Waals surface area contributed by atoms with Crippen molar-refractivity contribution in [3.8, 4) is 11.5 Å². The predicted molar refractivity (Wildman–Crippen MR) is 123 cm³/mol. The van der Waals surface area contributed by atoms with Crippen molar-refractivity contribution in [1.29, 1.82) is 0 Å². The SMILES string of the molecule is COc1cccc(OC)c1C(=O)C(CC(C)CC(C)(C)C)C(=O)OCC(C)C.O=[PH3]. The normalized spacial score (nSPS) is 13.1. The van der Waals surface area contributed by atoms with Crippen LogP contribution >= 0.6 is 9.12 Å². The molecule has 0 fully saturated rings. The molecule has 0 aromatic heterocycles. The van der Waals surface area contributed by atoms with E-state index in [-0.39, 0.29) is 23.0 Å². The molecule has 0 heterocycles. The van der Waals surface area contributed by atoms with Crippen molar-refractivity contribution in [3.63, 3.8) is 0 Å². The van der Waals surface area contributed by atoms with E-state index in [0.717, 1.165) is 6.42 Å². The second kappa shape index (κ2) is 13.5. The highest BCUT2D eigenvalue weighted by Crippen LogP contribution is 2.34. The summed E-state index contributed by atoms with van der Waals surface area (Å²) in [7, 11) is 3.61. The zero-order chi connectivity index (χ0) is 23.5. The van der Waals surface area contributed by atoms with E-state index in [9.17, 15) is 9.59 Å². The van der Waals surface area contributed by atoms with Crippen molar-refractivity contribution in [1.82, 2.24) is 0 Å². The number of rotatable bonds is 10. The molecule has 30 heavy (non-hydrogen) atoms. The minimum absolute atomic E-state index is 0.108. The van der Waals surface area contributed by atoms with Gasteiger partial charge in [0.05, 0.1) is 29.9 Å². The second-order valence-electron chi connectivity index (χ2n) is 9.08. The molecule has 0 N–H and O–H groups in total. The summed E-state index contributed by atoms with van der Waals surface area (Å²) in [5, 5.41) is 0. The summed E-state index contributed by atoms with van der Waals surface area (Å²) in [5.41, 5.74) is 0.402. The number of hydrogen-bond acceptors (Lipinski definition) is 6. The molecular weight excluding hydrogens is 403 g/mol. The number of ether oxygens (including phenoxy) is 3. The summed E-state index contributed by atoms with van der Waals surface area (Å²) in [6.45, 7) is 12.8. The molecule has 1 rings (SSSR count). The summed E-state index contributed by atoms with van der Waals surface area (Å²) >= 11 is 0. The maximum absolute atomic E-state index is 13.4. The van der Waals surface area contributed by atoms with Gasteiger partial charge >= 0.3 is 5.97 Å². The van der Waals surface area contributed by atoms with E-state index in [0.29, 0.717) is 39.2 Å². The first kappa shape index (κ1) is 28.2. The van der Waals surface area contributed by atoms with Crippen LogP contribution < -0.4 is 9.47 Å². The van der Waals surface area contributed by atoms with Crippen LogP contribution in [-0.4, -0.2) is 32.6 Å². The van der Waals surface area contributed by atoms with Crippen LogP contribution in [0.3, 0.4) is 0 Å². The second-order valence-corrected chi connectivity index (χ2v) is 9.08. The predicted octanol–water partition coefficient (Wildman–Crippen LogP) is 5.10. The molecule has 6 nitrogen and oxygen atoms in total. The van der Waals surface area contributed by atoms with E-state index in [1.54, 1.807) is 18.2 Å². The van der Waals surface area contributed by atoms with Gasteiger partial charge in [0.2, 0.25) is 0 Å². The Morgan fingerprint density at radius 2 is 1.50 bits per heavy atom. The molecule has 0 spiro atoms. The molecule has 1 aromatic carbocycles. The topological polar surface area (TPSA) is 78.9 Å². The average Bonchev–Trinajstić information content (AvgIpc) is 2.69. The Labute approximate surface area is 183 Å². The van der Waals surface area contributed by atoms with Gasteiger partial charge in [0.15, 0.2) is 5.78 Å².